The maximum absolute atomic E-state index is 13.9. The number of carboxylic acids is 1. The minimum absolute atomic E-state index is 0.218. The Morgan fingerprint density at radius 3 is 2.44 bits per heavy atom. The summed E-state index contributed by atoms with van der Waals surface area (Å²) < 4.78 is 27.7. The van der Waals surface area contributed by atoms with E-state index in [-0.39, 0.29) is 18.5 Å². The molecule has 2 rings (SSSR count). The number of carbonyl (C=O) groups is 1. The average Bonchev–Trinajstić information content (AvgIpc) is 2.32. The fraction of sp³-hybridized carbons (Fsp3) is 0.769. The lowest BCUT2D eigenvalue weighted by molar-refractivity contribution is -0.141. The number of halogens is 2. The molecule has 18 heavy (non-hydrogen) atoms. The summed E-state index contributed by atoms with van der Waals surface area (Å²) in [6, 6.07) is -0.218. The van der Waals surface area contributed by atoms with Crippen LogP contribution in [0.5, 0.6) is 0 Å². The van der Waals surface area contributed by atoms with Gasteiger partial charge in [-0.05, 0) is 5.92 Å². The van der Waals surface area contributed by atoms with E-state index in [4.69, 9.17) is 5.11 Å². The van der Waals surface area contributed by atoms with Gasteiger partial charge in [-0.1, -0.05) is 26.0 Å². The van der Waals surface area contributed by atoms with Crippen molar-refractivity contribution < 1.29 is 18.7 Å². The van der Waals surface area contributed by atoms with E-state index in [1.165, 1.54) is 0 Å². The number of fused-ring (bicyclic) bond motifs is 1. The first-order valence-electron chi connectivity index (χ1n) is 6.29. The molecule has 2 aliphatic rings. The van der Waals surface area contributed by atoms with Crippen molar-refractivity contribution in [2.24, 2.45) is 23.7 Å². The molecule has 102 valence electrons. The maximum atomic E-state index is 13.9. The molecule has 1 saturated heterocycles. The highest BCUT2D eigenvalue weighted by Crippen LogP contribution is 2.44. The van der Waals surface area contributed by atoms with Crippen LogP contribution in [0.2, 0.25) is 0 Å². The van der Waals surface area contributed by atoms with Crippen LogP contribution in [-0.2, 0) is 4.79 Å². The van der Waals surface area contributed by atoms with E-state index in [1.807, 2.05) is 0 Å². The van der Waals surface area contributed by atoms with Gasteiger partial charge in [0.15, 0.2) is 0 Å². The molecule has 5 heteroatoms. The Hall–Kier alpha value is -0.970. The van der Waals surface area contributed by atoms with Crippen molar-refractivity contribution >= 4 is 5.97 Å². The Morgan fingerprint density at radius 1 is 1.33 bits per heavy atom. The van der Waals surface area contributed by atoms with Gasteiger partial charge in [0.05, 0.1) is 5.92 Å². The summed E-state index contributed by atoms with van der Waals surface area (Å²) in [6.45, 7) is 7.39. The van der Waals surface area contributed by atoms with E-state index in [2.05, 4.69) is 11.9 Å². The van der Waals surface area contributed by atoms with Crippen LogP contribution < -0.4 is 5.32 Å². The highest BCUT2D eigenvalue weighted by Gasteiger charge is 2.52. The molecule has 0 radical (unpaired) electrons. The highest BCUT2D eigenvalue weighted by molar-refractivity contribution is 5.74. The molecule has 1 heterocycles. The van der Waals surface area contributed by atoms with Crippen LogP contribution >= 0.6 is 0 Å². The quantitative estimate of drug-likeness (QED) is 0.706. The van der Waals surface area contributed by atoms with Crippen LogP contribution in [0.3, 0.4) is 0 Å². The SMILES string of the molecule is C=C1C(C(=O)O)CNC2C(C)C(F)C(F)C(C)C12. The van der Waals surface area contributed by atoms with E-state index in [0.717, 1.165) is 0 Å². The molecule has 1 aliphatic heterocycles. The van der Waals surface area contributed by atoms with Gasteiger partial charge in [0.25, 0.3) is 0 Å². The van der Waals surface area contributed by atoms with Crippen molar-refractivity contribution in [3.63, 3.8) is 0 Å². The predicted molar refractivity (Wildman–Crippen MR) is 63.7 cm³/mol. The maximum Gasteiger partial charge on any atom is 0.311 e. The number of nitrogens with one attached hydrogen (secondary N) is 1. The van der Waals surface area contributed by atoms with Gasteiger partial charge < -0.3 is 10.4 Å². The standard InChI is InChI=1S/C13H19F2NO2/c1-5-8(13(17)18)4-16-12-7(3)11(15)10(14)6(2)9(5)12/h6-12,16H,1,4H2,2-3H3,(H,17,18). The van der Waals surface area contributed by atoms with Crippen molar-refractivity contribution in [2.45, 2.75) is 32.2 Å². The Bertz CT molecular complexity index is 374. The molecular formula is C13H19F2NO2. The summed E-state index contributed by atoms with van der Waals surface area (Å²) >= 11 is 0. The Morgan fingerprint density at radius 2 is 1.89 bits per heavy atom. The zero-order chi connectivity index (χ0) is 13.6. The fourth-order valence-corrected chi connectivity index (χ4v) is 3.37. The summed E-state index contributed by atoms with van der Waals surface area (Å²) in [4.78, 5) is 11.1. The van der Waals surface area contributed by atoms with Gasteiger partial charge in [0.1, 0.15) is 12.3 Å². The topological polar surface area (TPSA) is 49.3 Å². The predicted octanol–water partition coefficient (Wildman–Crippen LogP) is 1.79. The third-order valence-electron chi connectivity index (χ3n) is 4.56. The third kappa shape index (κ3) is 1.85. The number of hydrogen-bond acceptors (Lipinski definition) is 2. The number of aliphatic carboxylic acids is 1. The molecule has 0 amide bonds. The van der Waals surface area contributed by atoms with Crippen molar-refractivity contribution in [1.82, 2.24) is 5.32 Å². The van der Waals surface area contributed by atoms with E-state index < -0.39 is 36.1 Å². The first kappa shape index (κ1) is 13.5. The number of piperidine rings is 1. The first-order valence-corrected chi connectivity index (χ1v) is 6.29. The number of rotatable bonds is 1. The van der Waals surface area contributed by atoms with Crippen molar-refractivity contribution in [3.8, 4) is 0 Å². The fourth-order valence-electron chi connectivity index (χ4n) is 3.37. The summed E-state index contributed by atoms with van der Waals surface area (Å²) in [6.07, 6.45) is -3.05. The smallest absolute Gasteiger partial charge is 0.311 e. The Labute approximate surface area is 105 Å². The molecule has 7 unspecified atom stereocenters. The van der Waals surface area contributed by atoms with Crippen LogP contribution in [0.1, 0.15) is 13.8 Å². The lowest BCUT2D eigenvalue weighted by atomic mass is 9.63. The molecular weight excluding hydrogens is 240 g/mol. The van der Waals surface area contributed by atoms with E-state index in [1.54, 1.807) is 13.8 Å². The molecule has 0 aromatic rings. The molecule has 1 aliphatic carbocycles. The largest absolute Gasteiger partial charge is 0.481 e. The molecule has 0 aromatic carbocycles. The zero-order valence-corrected chi connectivity index (χ0v) is 10.6. The molecule has 7 atom stereocenters. The second-order valence-electron chi connectivity index (χ2n) is 5.53. The van der Waals surface area contributed by atoms with E-state index >= 15 is 0 Å². The van der Waals surface area contributed by atoms with Crippen LogP contribution in [0.4, 0.5) is 8.78 Å². The molecule has 0 aromatic heterocycles. The van der Waals surface area contributed by atoms with Crippen molar-refractivity contribution in [1.29, 1.82) is 0 Å². The van der Waals surface area contributed by atoms with E-state index in [9.17, 15) is 13.6 Å². The third-order valence-corrected chi connectivity index (χ3v) is 4.56. The van der Waals surface area contributed by atoms with Crippen LogP contribution in [0.25, 0.3) is 0 Å². The highest BCUT2D eigenvalue weighted by atomic mass is 19.2. The summed E-state index contributed by atoms with van der Waals surface area (Å²) in [5.74, 6) is -2.97. The van der Waals surface area contributed by atoms with Gasteiger partial charge in [-0.25, -0.2) is 8.78 Å². The van der Waals surface area contributed by atoms with Gasteiger partial charge in [-0.15, -0.1) is 0 Å². The molecule has 0 bridgehead atoms. The van der Waals surface area contributed by atoms with Crippen LogP contribution in [-0.4, -0.2) is 36.0 Å². The van der Waals surface area contributed by atoms with Crippen LogP contribution in [0.15, 0.2) is 12.2 Å². The van der Waals surface area contributed by atoms with Gasteiger partial charge in [0.2, 0.25) is 0 Å². The number of alkyl halides is 2. The molecule has 2 fully saturated rings. The minimum Gasteiger partial charge on any atom is -0.481 e. The Balaban J connectivity index is 2.29. The molecule has 0 spiro atoms. The van der Waals surface area contributed by atoms with Gasteiger partial charge in [0, 0.05) is 24.4 Å². The number of hydrogen-bond donors (Lipinski definition) is 2. The number of carboxylic acid groups (broad SMARTS) is 1. The second kappa shape index (κ2) is 4.61. The lowest BCUT2D eigenvalue weighted by Gasteiger charge is -2.49. The minimum atomic E-state index is -1.55. The van der Waals surface area contributed by atoms with Gasteiger partial charge >= 0.3 is 5.97 Å². The molecule has 3 nitrogen and oxygen atoms in total. The molecule has 2 N–H and O–H groups in total. The van der Waals surface area contributed by atoms with Gasteiger partial charge in [-0.2, -0.15) is 0 Å². The average molecular weight is 259 g/mol. The van der Waals surface area contributed by atoms with E-state index in [0.29, 0.717) is 5.57 Å². The summed E-state index contributed by atoms with van der Waals surface area (Å²) in [7, 11) is 0. The van der Waals surface area contributed by atoms with Crippen molar-refractivity contribution in [3.05, 3.63) is 12.2 Å². The first-order chi connectivity index (χ1) is 8.36. The summed E-state index contributed by atoms with van der Waals surface area (Å²) in [5, 5.41) is 12.2. The van der Waals surface area contributed by atoms with Crippen LogP contribution in [0, 0.1) is 23.7 Å². The monoisotopic (exact) mass is 259 g/mol. The molecule has 1 saturated carbocycles. The lowest BCUT2D eigenvalue weighted by Crippen LogP contribution is -2.61. The van der Waals surface area contributed by atoms with Gasteiger partial charge in [-0.3, -0.25) is 4.79 Å². The second-order valence-corrected chi connectivity index (χ2v) is 5.53. The zero-order valence-electron chi connectivity index (χ0n) is 10.6. The normalized spacial score (nSPS) is 48.7. The Kier molecular flexibility index (Phi) is 3.45. The summed E-state index contributed by atoms with van der Waals surface area (Å²) in [5.41, 5.74) is 0.528. The van der Waals surface area contributed by atoms with Crippen molar-refractivity contribution in [2.75, 3.05) is 6.54 Å².